The molecule has 0 aliphatic rings. The molecular formula is C31H41N3O5. The highest BCUT2D eigenvalue weighted by Crippen LogP contribution is 2.16. The maximum Gasteiger partial charge on any atom is 0.253 e. The molecule has 0 fully saturated rings. The number of hydrogen-bond donors (Lipinski definition) is 3. The number of methoxy groups -OCH3 is 1. The lowest BCUT2D eigenvalue weighted by Gasteiger charge is -2.25. The van der Waals surface area contributed by atoms with Crippen LogP contribution in [0.25, 0.3) is 0 Å². The molecule has 3 rings (SSSR count). The van der Waals surface area contributed by atoms with E-state index >= 15 is 0 Å². The number of furan rings is 1. The maximum absolute atomic E-state index is 13.4. The molecule has 0 saturated heterocycles. The second-order valence-electron chi connectivity index (χ2n) is 9.85. The second-order valence-corrected chi connectivity index (χ2v) is 9.85. The molecule has 3 N–H and O–H groups in total. The summed E-state index contributed by atoms with van der Waals surface area (Å²) in [6.07, 6.45) is 4.43. The Morgan fingerprint density at radius 2 is 1.77 bits per heavy atom. The van der Waals surface area contributed by atoms with Gasteiger partial charge in [0.1, 0.15) is 5.75 Å². The summed E-state index contributed by atoms with van der Waals surface area (Å²) in [6.45, 7) is 8.10. The largest absolute Gasteiger partial charge is 0.497 e. The summed E-state index contributed by atoms with van der Waals surface area (Å²) in [5, 5.41) is 17.3. The first kappa shape index (κ1) is 29.9. The number of rotatable bonds is 15. The van der Waals surface area contributed by atoms with Crippen molar-refractivity contribution in [3.05, 3.63) is 88.9 Å². The summed E-state index contributed by atoms with van der Waals surface area (Å²) >= 11 is 0. The van der Waals surface area contributed by atoms with Crippen molar-refractivity contribution in [2.75, 3.05) is 26.7 Å². The fourth-order valence-electron chi connectivity index (χ4n) is 4.56. The van der Waals surface area contributed by atoms with Crippen LogP contribution in [-0.4, -0.2) is 60.7 Å². The molecule has 0 unspecified atom stereocenters. The summed E-state index contributed by atoms with van der Waals surface area (Å²) in [6, 6.07) is 14.2. The molecule has 3 aromatic rings. The highest BCUT2D eigenvalue weighted by molar-refractivity contribution is 6.00. The van der Waals surface area contributed by atoms with Crippen LogP contribution in [0.1, 0.15) is 64.1 Å². The van der Waals surface area contributed by atoms with Crippen LogP contribution in [0.15, 0.2) is 65.5 Å². The van der Waals surface area contributed by atoms with Gasteiger partial charge in [0.15, 0.2) is 0 Å². The van der Waals surface area contributed by atoms with Crippen LogP contribution >= 0.6 is 0 Å². The third kappa shape index (κ3) is 8.97. The molecule has 1 aromatic heterocycles. The Labute approximate surface area is 231 Å². The molecule has 2 amide bonds. The number of aryl methyl sites for hydroxylation is 1. The minimum Gasteiger partial charge on any atom is -0.497 e. The number of aliphatic hydroxyl groups is 1. The van der Waals surface area contributed by atoms with Gasteiger partial charge < -0.3 is 29.8 Å². The zero-order chi connectivity index (χ0) is 28.2. The van der Waals surface area contributed by atoms with E-state index in [0.717, 1.165) is 35.3 Å². The van der Waals surface area contributed by atoms with E-state index in [1.54, 1.807) is 31.8 Å². The first-order valence-electron chi connectivity index (χ1n) is 13.6. The molecule has 8 nitrogen and oxygen atoms in total. The average molecular weight is 536 g/mol. The van der Waals surface area contributed by atoms with Gasteiger partial charge in [-0.15, -0.1) is 0 Å². The minimum absolute atomic E-state index is 0.0758. The third-order valence-corrected chi connectivity index (χ3v) is 6.49. The molecule has 0 saturated carbocycles. The van der Waals surface area contributed by atoms with Crippen molar-refractivity contribution >= 4 is 11.8 Å². The fraction of sp³-hybridized carbons (Fsp3) is 0.419. The van der Waals surface area contributed by atoms with Crippen LogP contribution < -0.4 is 15.4 Å². The normalized spacial score (nSPS) is 12.5. The zero-order valence-electron chi connectivity index (χ0n) is 23.4. The molecule has 0 radical (unpaired) electrons. The van der Waals surface area contributed by atoms with Crippen LogP contribution in [-0.2, 0) is 13.0 Å². The lowest BCUT2D eigenvalue weighted by molar-refractivity contribution is 0.0755. The van der Waals surface area contributed by atoms with Crippen LogP contribution in [0, 0.1) is 6.92 Å². The Hall–Kier alpha value is -3.62. The van der Waals surface area contributed by atoms with E-state index in [-0.39, 0.29) is 18.4 Å². The number of hydrogen-bond acceptors (Lipinski definition) is 6. The van der Waals surface area contributed by atoms with Gasteiger partial charge in [0.25, 0.3) is 11.8 Å². The Morgan fingerprint density at radius 1 is 1.03 bits per heavy atom. The van der Waals surface area contributed by atoms with E-state index in [4.69, 9.17) is 9.15 Å². The van der Waals surface area contributed by atoms with Gasteiger partial charge in [0.05, 0.1) is 31.8 Å². The third-order valence-electron chi connectivity index (χ3n) is 6.49. The van der Waals surface area contributed by atoms with Crippen molar-refractivity contribution in [3.63, 3.8) is 0 Å². The van der Waals surface area contributed by atoms with Crippen molar-refractivity contribution in [3.8, 4) is 5.75 Å². The number of aliphatic hydroxyl groups excluding tert-OH is 1. The molecule has 210 valence electrons. The number of carbonyl (C=O) groups is 2. The van der Waals surface area contributed by atoms with Gasteiger partial charge >= 0.3 is 0 Å². The predicted molar refractivity (Wildman–Crippen MR) is 152 cm³/mol. The van der Waals surface area contributed by atoms with Crippen molar-refractivity contribution in [2.45, 2.75) is 58.7 Å². The maximum atomic E-state index is 13.4. The minimum atomic E-state index is -0.870. The number of benzene rings is 2. The highest BCUT2D eigenvalue weighted by Gasteiger charge is 2.24. The van der Waals surface area contributed by atoms with Crippen LogP contribution in [0.2, 0.25) is 0 Å². The first-order chi connectivity index (χ1) is 18.8. The van der Waals surface area contributed by atoms with Gasteiger partial charge in [-0.3, -0.25) is 9.59 Å². The lowest BCUT2D eigenvalue weighted by atomic mass is 10.0. The monoisotopic (exact) mass is 535 g/mol. The second kappa shape index (κ2) is 15.1. The Kier molecular flexibility index (Phi) is 11.6. The molecule has 0 aliphatic carbocycles. The van der Waals surface area contributed by atoms with Crippen molar-refractivity contribution in [2.24, 2.45) is 0 Å². The molecule has 0 bridgehead atoms. The van der Waals surface area contributed by atoms with Crippen LogP contribution in [0.5, 0.6) is 5.75 Å². The van der Waals surface area contributed by atoms with E-state index < -0.39 is 12.1 Å². The smallest absolute Gasteiger partial charge is 0.253 e. The Morgan fingerprint density at radius 3 is 2.44 bits per heavy atom. The van der Waals surface area contributed by atoms with E-state index in [9.17, 15) is 14.7 Å². The van der Waals surface area contributed by atoms with Crippen molar-refractivity contribution < 1.29 is 23.8 Å². The van der Waals surface area contributed by atoms with E-state index in [1.807, 2.05) is 62.1 Å². The van der Waals surface area contributed by atoms with Gasteiger partial charge in [-0.05, 0) is 79.3 Å². The Balaban J connectivity index is 1.72. The average Bonchev–Trinajstić information content (AvgIpc) is 3.45. The highest BCUT2D eigenvalue weighted by atomic mass is 16.5. The summed E-state index contributed by atoms with van der Waals surface area (Å²) in [7, 11) is 1.62. The molecule has 1 heterocycles. The molecule has 2 atom stereocenters. The Bertz CT molecular complexity index is 1190. The zero-order valence-corrected chi connectivity index (χ0v) is 23.4. The van der Waals surface area contributed by atoms with Gasteiger partial charge in [-0.1, -0.05) is 26.0 Å². The standard InChI is InChI=1S/C31H41N3O5/c1-5-11-34(12-6-2)31(37)26-15-22(3)14-25(18-26)30(36)33-28(17-24-10-13-39-21-24)29(35)20-32-19-23-8-7-9-27(16-23)38-4/h7-10,13-16,18,21,28-29,32,35H,5-6,11-12,17,19-20H2,1-4H3,(H,33,36)/t28-,29+/m0/s1. The van der Waals surface area contributed by atoms with Crippen LogP contribution in [0.3, 0.4) is 0 Å². The summed E-state index contributed by atoms with van der Waals surface area (Å²) in [5.41, 5.74) is 3.59. The molecule has 8 heteroatoms. The SMILES string of the molecule is CCCN(CCC)C(=O)c1cc(C)cc(C(=O)N[C@@H](Cc2ccoc2)[C@H](O)CNCc2cccc(OC)c2)c1. The number of carbonyl (C=O) groups excluding carboxylic acids is 2. The molecular weight excluding hydrogens is 494 g/mol. The summed E-state index contributed by atoms with van der Waals surface area (Å²) in [4.78, 5) is 28.4. The van der Waals surface area contributed by atoms with Crippen molar-refractivity contribution in [1.82, 2.24) is 15.5 Å². The first-order valence-corrected chi connectivity index (χ1v) is 13.6. The molecule has 0 spiro atoms. The number of ether oxygens (including phenoxy) is 1. The lowest BCUT2D eigenvalue weighted by Crippen LogP contribution is -2.48. The molecule has 39 heavy (non-hydrogen) atoms. The number of nitrogens with zero attached hydrogens (tertiary/aromatic N) is 1. The van der Waals surface area contributed by atoms with Gasteiger partial charge in [-0.2, -0.15) is 0 Å². The van der Waals surface area contributed by atoms with Gasteiger partial charge in [-0.25, -0.2) is 0 Å². The molecule has 2 aromatic carbocycles. The van der Waals surface area contributed by atoms with Gasteiger partial charge in [0, 0.05) is 37.3 Å². The van der Waals surface area contributed by atoms with Crippen LogP contribution in [0.4, 0.5) is 0 Å². The fourth-order valence-corrected chi connectivity index (χ4v) is 4.56. The summed E-state index contributed by atoms with van der Waals surface area (Å²) < 4.78 is 10.5. The van der Waals surface area contributed by atoms with E-state index in [2.05, 4.69) is 10.6 Å². The quantitative estimate of drug-likeness (QED) is 0.267. The predicted octanol–water partition coefficient (Wildman–Crippen LogP) is 4.35. The van der Waals surface area contributed by atoms with E-state index in [1.165, 1.54) is 0 Å². The van der Waals surface area contributed by atoms with Crippen molar-refractivity contribution in [1.29, 1.82) is 0 Å². The van der Waals surface area contributed by atoms with E-state index in [0.29, 0.717) is 37.2 Å². The number of nitrogens with one attached hydrogen (secondary N) is 2. The molecule has 0 aliphatic heterocycles. The topological polar surface area (TPSA) is 104 Å². The van der Waals surface area contributed by atoms with Gasteiger partial charge in [0.2, 0.25) is 0 Å². The summed E-state index contributed by atoms with van der Waals surface area (Å²) in [5.74, 6) is 0.349. The number of amides is 2.